The SMILES string of the molecule is COCC1(C(=O)NCc2nn[nH]n2)CCNCC1. The van der Waals surface area contributed by atoms with Crippen LogP contribution < -0.4 is 10.6 Å². The van der Waals surface area contributed by atoms with Gasteiger partial charge in [-0.25, -0.2) is 0 Å². The number of hydrogen-bond donors (Lipinski definition) is 3. The lowest BCUT2D eigenvalue weighted by Crippen LogP contribution is -2.50. The molecule has 1 aliphatic rings. The van der Waals surface area contributed by atoms with E-state index in [1.54, 1.807) is 7.11 Å². The number of ether oxygens (including phenoxy) is 1. The zero-order chi connectivity index (χ0) is 12.8. The number of H-pyrrole nitrogens is 1. The standard InChI is InChI=1S/C10H18N6O2/c1-18-7-10(2-4-11-5-3-10)9(17)12-6-8-13-15-16-14-8/h11H,2-7H2,1H3,(H,12,17)(H,13,14,15,16). The Morgan fingerprint density at radius 2 is 2.28 bits per heavy atom. The summed E-state index contributed by atoms with van der Waals surface area (Å²) >= 11 is 0. The van der Waals surface area contributed by atoms with Gasteiger partial charge >= 0.3 is 0 Å². The summed E-state index contributed by atoms with van der Waals surface area (Å²) < 4.78 is 5.20. The third-order valence-electron chi connectivity index (χ3n) is 3.26. The van der Waals surface area contributed by atoms with Gasteiger partial charge in [0.05, 0.1) is 18.6 Å². The van der Waals surface area contributed by atoms with Crippen LogP contribution in [0, 0.1) is 5.41 Å². The second-order valence-corrected chi connectivity index (χ2v) is 4.47. The number of carbonyl (C=O) groups is 1. The molecule has 3 N–H and O–H groups in total. The monoisotopic (exact) mass is 254 g/mol. The van der Waals surface area contributed by atoms with Gasteiger partial charge in [0.1, 0.15) is 0 Å². The van der Waals surface area contributed by atoms with Crippen molar-refractivity contribution in [3.63, 3.8) is 0 Å². The highest BCUT2D eigenvalue weighted by Gasteiger charge is 2.39. The summed E-state index contributed by atoms with van der Waals surface area (Å²) in [6.07, 6.45) is 1.55. The van der Waals surface area contributed by atoms with E-state index in [9.17, 15) is 4.79 Å². The highest BCUT2D eigenvalue weighted by molar-refractivity contribution is 5.82. The predicted octanol–water partition coefficient (Wildman–Crippen LogP) is -1.17. The van der Waals surface area contributed by atoms with Crippen molar-refractivity contribution in [2.24, 2.45) is 5.41 Å². The number of aromatic nitrogens is 4. The van der Waals surface area contributed by atoms with Gasteiger partial charge in [0, 0.05) is 7.11 Å². The van der Waals surface area contributed by atoms with E-state index in [2.05, 4.69) is 31.3 Å². The quantitative estimate of drug-likeness (QED) is 0.611. The summed E-state index contributed by atoms with van der Waals surface area (Å²) in [5.41, 5.74) is -0.441. The number of amides is 1. The van der Waals surface area contributed by atoms with E-state index in [1.807, 2.05) is 0 Å². The second-order valence-electron chi connectivity index (χ2n) is 4.47. The lowest BCUT2D eigenvalue weighted by atomic mass is 9.78. The summed E-state index contributed by atoms with van der Waals surface area (Å²) in [6, 6.07) is 0. The Hall–Kier alpha value is -1.54. The first-order valence-corrected chi connectivity index (χ1v) is 5.97. The Kier molecular flexibility index (Phi) is 4.21. The summed E-state index contributed by atoms with van der Waals surface area (Å²) in [4.78, 5) is 12.3. The molecule has 100 valence electrons. The minimum Gasteiger partial charge on any atom is -0.384 e. The van der Waals surface area contributed by atoms with Crippen molar-refractivity contribution >= 4 is 5.91 Å². The summed E-state index contributed by atoms with van der Waals surface area (Å²) in [5.74, 6) is 0.473. The van der Waals surface area contributed by atoms with Gasteiger partial charge in [-0.1, -0.05) is 5.21 Å². The van der Waals surface area contributed by atoms with E-state index < -0.39 is 5.41 Å². The third kappa shape index (κ3) is 2.82. The van der Waals surface area contributed by atoms with Crippen LogP contribution in [0.15, 0.2) is 0 Å². The number of methoxy groups -OCH3 is 1. The highest BCUT2D eigenvalue weighted by atomic mass is 16.5. The smallest absolute Gasteiger partial charge is 0.229 e. The molecule has 0 bridgehead atoms. The van der Waals surface area contributed by atoms with Crippen molar-refractivity contribution in [2.75, 3.05) is 26.8 Å². The number of piperidine rings is 1. The van der Waals surface area contributed by atoms with Crippen LogP contribution in [0.3, 0.4) is 0 Å². The molecule has 1 saturated heterocycles. The van der Waals surface area contributed by atoms with Crippen molar-refractivity contribution in [1.82, 2.24) is 31.3 Å². The number of nitrogens with one attached hydrogen (secondary N) is 3. The Morgan fingerprint density at radius 3 is 2.89 bits per heavy atom. The van der Waals surface area contributed by atoms with E-state index in [0.717, 1.165) is 25.9 Å². The van der Waals surface area contributed by atoms with Gasteiger partial charge in [-0.2, -0.15) is 5.21 Å². The molecule has 8 heteroatoms. The fourth-order valence-corrected chi connectivity index (χ4v) is 2.22. The molecule has 1 aromatic rings. The summed E-state index contributed by atoms with van der Waals surface area (Å²) in [5, 5.41) is 19.5. The minimum atomic E-state index is -0.441. The maximum absolute atomic E-state index is 12.3. The minimum absolute atomic E-state index is 0.00403. The van der Waals surface area contributed by atoms with Crippen LogP contribution in [0.5, 0.6) is 0 Å². The molecule has 1 aliphatic heterocycles. The summed E-state index contributed by atoms with van der Waals surface area (Å²) in [6.45, 7) is 2.39. The molecule has 0 aromatic carbocycles. The second kappa shape index (κ2) is 5.87. The molecule has 2 rings (SSSR count). The first-order chi connectivity index (χ1) is 8.77. The molecule has 0 saturated carbocycles. The van der Waals surface area contributed by atoms with E-state index in [4.69, 9.17) is 4.74 Å². The average molecular weight is 254 g/mol. The van der Waals surface area contributed by atoms with E-state index in [-0.39, 0.29) is 12.5 Å². The topological polar surface area (TPSA) is 105 Å². The van der Waals surface area contributed by atoms with Crippen LogP contribution in [0.4, 0.5) is 0 Å². The average Bonchev–Trinajstić information content (AvgIpc) is 2.90. The van der Waals surface area contributed by atoms with Crippen molar-refractivity contribution < 1.29 is 9.53 Å². The van der Waals surface area contributed by atoms with Crippen LogP contribution in [0.2, 0.25) is 0 Å². The van der Waals surface area contributed by atoms with Gasteiger partial charge in [-0.3, -0.25) is 4.79 Å². The van der Waals surface area contributed by atoms with Crippen molar-refractivity contribution in [1.29, 1.82) is 0 Å². The molecule has 2 heterocycles. The number of tetrazole rings is 1. The van der Waals surface area contributed by atoms with Gasteiger partial charge in [-0.05, 0) is 25.9 Å². The first-order valence-electron chi connectivity index (χ1n) is 5.97. The molecule has 18 heavy (non-hydrogen) atoms. The zero-order valence-electron chi connectivity index (χ0n) is 10.4. The van der Waals surface area contributed by atoms with Crippen LogP contribution >= 0.6 is 0 Å². The number of rotatable bonds is 5. The molecule has 0 aliphatic carbocycles. The van der Waals surface area contributed by atoms with Crippen LogP contribution in [-0.2, 0) is 16.1 Å². The fraction of sp³-hybridized carbons (Fsp3) is 0.800. The number of aromatic amines is 1. The number of nitrogens with zero attached hydrogens (tertiary/aromatic N) is 3. The number of carbonyl (C=O) groups excluding carboxylic acids is 1. The van der Waals surface area contributed by atoms with Gasteiger partial charge in [-0.15, -0.1) is 10.2 Å². The maximum atomic E-state index is 12.3. The lowest BCUT2D eigenvalue weighted by molar-refractivity contribution is -0.136. The molecule has 0 atom stereocenters. The van der Waals surface area contributed by atoms with Gasteiger partial charge in [0.15, 0.2) is 5.82 Å². The molecule has 8 nitrogen and oxygen atoms in total. The van der Waals surface area contributed by atoms with Crippen molar-refractivity contribution in [3.8, 4) is 0 Å². The van der Waals surface area contributed by atoms with Crippen LogP contribution in [0.1, 0.15) is 18.7 Å². The van der Waals surface area contributed by atoms with E-state index in [0.29, 0.717) is 12.4 Å². The maximum Gasteiger partial charge on any atom is 0.229 e. The van der Waals surface area contributed by atoms with E-state index in [1.165, 1.54) is 0 Å². The van der Waals surface area contributed by atoms with Crippen LogP contribution in [-0.4, -0.2) is 53.3 Å². The molecule has 0 radical (unpaired) electrons. The molecule has 0 spiro atoms. The lowest BCUT2D eigenvalue weighted by Gasteiger charge is -2.35. The predicted molar refractivity (Wildman–Crippen MR) is 62.4 cm³/mol. The van der Waals surface area contributed by atoms with Crippen LogP contribution in [0.25, 0.3) is 0 Å². The Morgan fingerprint density at radius 1 is 1.50 bits per heavy atom. The molecule has 1 fully saturated rings. The Labute approximate surface area is 105 Å². The van der Waals surface area contributed by atoms with E-state index >= 15 is 0 Å². The summed E-state index contributed by atoms with van der Waals surface area (Å²) in [7, 11) is 1.62. The zero-order valence-corrected chi connectivity index (χ0v) is 10.4. The first kappa shape index (κ1) is 12.9. The Balaban J connectivity index is 1.95. The third-order valence-corrected chi connectivity index (χ3v) is 3.26. The molecule has 1 amide bonds. The van der Waals surface area contributed by atoms with Crippen molar-refractivity contribution in [3.05, 3.63) is 5.82 Å². The largest absolute Gasteiger partial charge is 0.384 e. The number of hydrogen-bond acceptors (Lipinski definition) is 6. The molecule has 0 unspecified atom stereocenters. The molecule has 1 aromatic heterocycles. The Bertz CT molecular complexity index is 368. The van der Waals surface area contributed by atoms with Gasteiger partial charge in [0.25, 0.3) is 0 Å². The van der Waals surface area contributed by atoms with Crippen molar-refractivity contribution in [2.45, 2.75) is 19.4 Å². The van der Waals surface area contributed by atoms with Gasteiger partial charge in [0.2, 0.25) is 5.91 Å². The fourth-order valence-electron chi connectivity index (χ4n) is 2.22. The normalized spacial score (nSPS) is 18.5. The molecular weight excluding hydrogens is 236 g/mol. The molecular formula is C10H18N6O2. The van der Waals surface area contributed by atoms with Gasteiger partial charge < -0.3 is 15.4 Å². The highest BCUT2D eigenvalue weighted by Crippen LogP contribution is 2.29.